The second-order valence-electron chi connectivity index (χ2n) is 7.59. The number of alkyl halides is 3. The van der Waals surface area contributed by atoms with Gasteiger partial charge in [0.25, 0.3) is 5.69 Å². The van der Waals surface area contributed by atoms with Gasteiger partial charge in [-0.2, -0.15) is 13.2 Å². The fourth-order valence-corrected chi connectivity index (χ4v) is 3.83. The summed E-state index contributed by atoms with van der Waals surface area (Å²) >= 11 is 0. The van der Waals surface area contributed by atoms with Crippen molar-refractivity contribution in [3.05, 3.63) is 27.3 Å². The highest BCUT2D eigenvalue weighted by atomic mass is 19.4. The average molecular weight is 358 g/mol. The first kappa shape index (κ1) is 17.8. The number of fused-ring (bicyclic) bond motifs is 1. The molecule has 0 spiro atoms. The lowest BCUT2D eigenvalue weighted by atomic mass is 9.95. The van der Waals surface area contributed by atoms with Gasteiger partial charge in [0.05, 0.1) is 4.92 Å². The van der Waals surface area contributed by atoms with Crippen LogP contribution in [0.4, 0.5) is 24.5 Å². The molecule has 0 aromatic heterocycles. The molecule has 1 fully saturated rings. The number of anilines is 1. The van der Waals surface area contributed by atoms with Gasteiger partial charge in [-0.25, -0.2) is 0 Å². The number of ether oxygens (including phenoxy) is 1. The summed E-state index contributed by atoms with van der Waals surface area (Å²) < 4.78 is 47.3. The highest BCUT2D eigenvalue weighted by Crippen LogP contribution is 2.53. The van der Waals surface area contributed by atoms with Crippen LogP contribution in [0.1, 0.15) is 44.7 Å². The molecule has 2 aliphatic rings. The van der Waals surface area contributed by atoms with E-state index in [1.165, 1.54) is 11.0 Å². The molecule has 0 amide bonds. The zero-order valence-electron chi connectivity index (χ0n) is 14.4. The maximum Gasteiger partial charge on any atom is 0.422 e. The third-order valence-corrected chi connectivity index (χ3v) is 4.76. The molecule has 1 saturated heterocycles. The second-order valence-corrected chi connectivity index (χ2v) is 7.59. The van der Waals surface area contributed by atoms with Crippen LogP contribution in [-0.2, 0) is 12.6 Å². The van der Waals surface area contributed by atoms with E-state index in [0.29, 0.717) is 19.5 Å². The van der Waals surface area contributed by atoms with Crippen LogP contribution in [-0.4, -0.2) is 23.6 Å². The van der Waals surface area contributed by atoms with Gasteiger partial charge in [0, 0.05) is 31.1 Å². The molecule has 1 atom stereocenters. The van der Waals surface area contributed by atoms with Crippen molar-refractivity contribution in [3.8, 4) is 5.75 Å². The number of piperidine rings is 1. The van der Waals surface area contributed by atoms with Crippen molar-refractivity contribution >= 4 is 11.4 Å². The lowest BCUT2D eigenvalue weighted by Gasteiger charge is -2.34. The predicted octanol–water partition coefficient (Wildman–Crippen LogP) is 4.56. The smallest absolute Gasteiger partial charge is 0.422 e. The fourth-order valence-electron chi connectivity index (χ4n) is 3.83. The summed E-state index contributed by atoms with van der Waals surface area (Å²) in [7, 11) is 0. The van der Waals surface area contributed by atoms with Crippen LogP contribution in [0.25, 0.3) is 0 Å². The van der Waals surface area contributed by atoms with E-state index < -0.39 is 28.0 Å². The molecular formula is C17H21F3N2O3. The Labute approximate surface area is 143 Å². The number of benzene rings is 1. The fraction of sp³-hybridized carbons (Fsp3) is 0.647. The Kier molecular flexibility index (Phi) is 4.12. The topological polar surface area (TPSA) is 55.6 Å². The third-order valence-electron chi connectivity index (χ3n) is 4.76. The summed E-state index contributed by atoms with van der Waals surface area (Å²) in [5, 5.41) is 11.6. The van der Waals surface area contributed by atoms with Crippen LogP contribution in [0, 0.1) is 16.0 Å². The Hall–Kier alpha value is -1.99. The van der Waals surface area contributed by atoms with E-state index >= 15 is 0 Å². The van der Waals surface area contributed by atoms with Crippen LogP contribution in [0.5, 0.6) is 5.75 Å². The molecule has 2 heterocycles. The number of hydrogen-bond acceptors (Lipinski definition) is 4. The average Bonchev–Trinajstić information content (AvgIpc) is 2.77. The third kappa shape index (κ3) is 3.26. The van der Waals surface area contributed by atoms with Crippen molar-refractivity contribution in [2.24, 2.45) is 5.92 Å². The highest BCUT2D eigenvalue weighted by Gasteiger charge is 2.47. The van der Waals surface area contributed by atoms with Gasteiger partial charge in [-0.15, -0.1) is 0 Å². The molecule has 1 aromatic carbocycles. The van der Waals surface area contributed by atoms with E-state index in [0.717, 1.165) is 6.42 Å². The van der Waals surface area contributed by atoms with E-state index in [9.17, 15) is 23.3 Å². The van der Waals surface area contributed by atoms with E-state index in [1.54, 1.807) is 13.8 Å². The molecule has 0 radical (unpaired) electrons. The van der Waals surface area contributed by atoms with Gasteiger partial charge in [-0.05, 0) is 32.6 Å². The summed E-state index contributed by atoms with van der Waals surface area (Å²) in [5.74, 6) is -0.0728. The Bertz CT molecular complexity index is 716. The van der Waals surface area contributed by atoms with Crippen LogP contribution in [0.3, 0.4) is 0 Å². The van der Waals surface area contributed by atoms with Gasteiger partial charge >= 0.3 is 6.18 Å². The van der Waals surface area contributed by atoms with Gasteiger partial charge in [0.2, 0.25) is 0 Å². The zero-order valence-corrected chi connectivity index (χ0v) is 14.4. The SMILES string of the molecule is C[C@@H]1CCCN(c2c([N+](=O)[O-])cc3c(c2C(F)(F)F)OC(C)(C)C3)C1. The molecule has 0 aliphatic carbocycles. The van der Waals surface area contributed by atoms with Crippen LogP contribution in [0.2, 0.25) is 0 Å². The highest BCUT2D eigenvalue weighted by molar-refractivity contribution is 5.75. The molecule has 8 heteroatoms. The van der Waals surface area contributed by atoms with E-state index in [2.05, 4.69) is 0 Å². The number of nitro benzene ring substituents is 1. The normalized spacial score (nSPS) is 22.5. The van der Waals surface area contributed by atoms with Crippen molar-refractivity contribution in [2.45, 2.75) is 51.8 Å². The molecule has 0 unspecified atom stereocenters. The first-order chi connectivity index (χ1) is 11.5. The summed E-state index contributed by atoms with van der Waals surface area (Å²) in [6.45, 7) is 6.05. The standard InChI is InChI=1S/C17H21F3N2O3/c1-10-5-4-6-21(9-10)14-12(22(23)24)7-11-8-16(2,3)25-15(11)13(14)17(18,19)20/h7,10H,4-6,8-9H2,1-3H3/t10-/m1/s1. The Morgan fingerprint density at radius 3 is 2.64 bits per heavy atom. The number of nitrogens with zero attached hydrogens (tertiary/aromatic N) is 2. The number of rotatable bonds is 2. The molecular weight excluding hydrogens is 337 g/mol. The van der Waals surface area contributed by atoms with Crippen molar-refractivity contribution in [2.75, 3.05) is 18.0 Å². The number of hydrogen-bond donors (Lipinski definition) is 0. The van der Waals surface area contributed by atoms with Gasteiger partial charge in [-0.3, -0.25) is 10.1 Å². The van der Waals surface area contributed by atoms with Gasteiger partial charge in [-0.1, -0.05) is 6.92 Å². The van der Waals surface area contributed by atoms with Gasteiger partial charge < -0.3 is 9.64 Å². The molecule has 2 aliphatic heterocycles. The first-order valence-corrected chi connectivity index (χ1v) is 8.35. The lowest BCUT2D eigenvalue weighted by Crippen LogP contribution is -2.36. The molecule has 0 bridgehead atoms. The number of halogens is 3. The summed E-state index contributed by atoms with van der Waals surface area (Å²) in [6, 6.07) is 1.26. The largest absolute Gasteiger partial charge is 0.486 e. The van der Waals surface area contributed by atoms with Crippen LogP contribution < -0.4 is 9.64 Å². The van der Waals surface area contributed by atoms with Gasteiger partial charge in [0.1, 0.15) is 22.6 Å². The minimum atomic E-state index is -4.73. The Morgan fingerprint density at radius 1 is 1.40 bits per heavy atom. The number of nitro groups is 1. The van der Waals surface area contributed by atoms with Crippen molar-refractivity contribution in [1.82, 2.24) is 0 Å². The molecule has 5 nitrogen and oxygen atoms in total. The molecule has 0 saturated carbocycles. The maximum absolute atomic E-state index is 13.9. The van der Waals surface area contributed by atoms with Crippen molar-refractivity contribution < 1.29 is 22.8 Å². The first-order valence-electron chi connectivity index (χ1n) is 8.35. The zero-order chi connectivity index (χ0) is 18.6. The molecule has 3 rings (SSSR count). The minimum absolute atomic E-state index is 0.181. The van der Waals surface area contributed by atoms with Crippen LogP contribution in [0.15, 0.2) is 6.07 Å². The van der Waals surface area contributed by atoms with Gasteiger partial charge in [0.15, 0.2) is 0 Å². The minimum Gasteiger partial charge on any atom is -0.486 e. The second kappa shape index (κ2) is 5.78. The summed E-state index contributed by atoms with van der Waals surface area (Å²) in [4.78, 5) is 12.3. The Morgan fingerprint density at radius 2 is 2.08 bits per heavy atom. The molecule has 138 valence electrons. The molecule has 25 heavy (non-hydrogen) atoms. The quantitative estimate of drug-likeness (QED) is 0.574. The monoisotopic (exact) mass is 358 g/mol. The van der Waals surface area contributed by atoms with E-state index in [1.807, 2.05) is 6.92 Å². The Balaban J connectivity index is 2.26. The van der Waals surface area contributed by atoms with Crippen LogP contribution >= 0.6 is 0 Å². The molecule has 0 N–H and O–H groups in total. The summed E-state index contributed by atoms with van der Waals surface area (Å²) in [5.41, 5.74) is -2.40. The lowest BCUT2D eigenvalue weighted by molar-refractivity contribution is -0.384. The molecule has 1 aromatic rings. The van der Waals surface area contributed by atoms with E-state index in [4.69, 9.17) is 4.74 Å². The van der Waals surface area contributed by atoms with Crippen molar-refractivity contribution in [3.63, 3.8) is 0 Å². The maximum atomic E-state index is 13.9. The van der Waals surface area contributed by atoms with Crippen molar-refractivity contribution in [1.29, 1.82) is 0 Å². The predicted molar refractivity (Wildman–Crippen MR) is 87.1 cm³/mol. The van der Waals surface area contributed by atoms with E-state index in [-0.39, 0.29) is 29.3 Å². The summed E-state index contributed by atoms with van der Waals surface area (Å²) in [6.07, 6.45) is -2.91.